The number of nitrogens with two attached hydrogens (primary N) is 1. The van der Waals surface area contributed by atoms with Crippen molar-refractivity contribution in [3.8, 4) is 0 Å². The van der Waals surface area contributed by atoms with Gasteiger partial charge in [-0.1, -0.05) is 24.3 Å². The van der Waals surface area contributed by atoms with Gasteiger partial charge in [0.05, 0.1) is 6.04 Å². The SMILES string of the molecule is NC(c1c(F)cccc1F)c1cccc2cnccc12. The first kappa shape index (κ1) is 12.7. The third-order valence-corrected chi connectivity index (χ3v) is 3.36. The molecule has 100 valence electrons. The third-order valence-electron chi connectivity index (χ3n) is 3.36. The van der Waals surface area contributed by atoms with Crippen molar-refractivity contribution in [1.29, 1.82) is 0 Å². The van der Waals surface area contributed by atoms with Crippen LogP contribution < -0.4 is 5.73 Å². The zero-order valence-corrected chi connectivity index (χ0v) is 10.6. The molecule has 1 atom stereocenters. The third kappa shape index (κ3) is 2.04. The molecule has 0 aliphatic rings. The van der Waals surface area contributed by atoms with Crippen molar-refractivity contribution in [2.75, 3.05) is 0 Å². The highest BCUT2D eigenvalue weighted by Gasteiger charge is 2.19. The molecular weight excluding hydrogens is 258 g/mol. The molecule has 4 heteroatoms. The average Bonchev–Trinajstić information content (AvgIpc) is 2.46. The van der Waals surface area contributed by atoms with Crippen molar-refractivity contribution >= 4 is 10.8 Å². The summed E-state index contributed by atoms with van der Waals surface area (Å²) in [6.07, 6.45) is 3.33. The number of halogens is 2. The first-order valence-corrected chi connectivity index (χ1v) is 6.20. The van der Waals surface area contributed by atoms with Crippen LogP contribution in [0.3, 0.4) is 0 Å². The van der Waals surface area contributed by atoms with Gasteiger partial charge in [0.15, 0.2) is 0 Å². The lowest BCUT2D eigenvalue weighted by Crippen LogP contribution is -2.16. The molecule has 2 N–H and O–H groups in total. The molecule has 0 aliphatic carbocycles. The lowest BCUT2D eigenvalue weighted by Gasteiger charge is -2.16. The second-order valence-electron chi connectivity index (χ2n) is 4.56. The summed E-state index contributed by atoms with van der Waals surface area (Å²) in [5.41, 5.74) is 6.64. The van der Waals surface area contributed by atoms with Gasteiger partial charge < -0.3 is 5.73 Å². The lowest BCUT2D eigenvalue weighted by atomic mass is 9.94. The van der Waals surface area contributed by atoms with E-state index in [4.69, 9.17) is 5.73 Å². The summed E-state index contributed by atoms with van der Waals surface area (Å²) in [6.45, 7) is 0. The molecule has 1 heterocycles. The van der Waals surface area contributed by atoms with Crippen molar-refractivity contribution in [3.05, 3.63) is 77.6 Å². The second kappa shape index (κ2) is 4.98. The summed E-state index contributed by atoms with van der Waals surface area (Å²) >= 11 is 0. The highest BCUT2D eigenvalue weighted by molar-refractivity contribution is 5.85. The number of hydrogen-bond acceptors (Lipinski definition) is 2. The zero-order chi connectivity index (χ0) is 14.1. The Morgan fingerprint density at radius 1 is 0.950 bits per heavy atom. The van der Waals surface area contributed by atoms with Crippen molar-refractivity contribution < 1.29 is 8.78 Å². The van der Waals surface area contributed by atoms with Crippen LogP contribution in [0.5, 0.6) is 0 Å². The van der Waals surface area contributed by atoms with E-state index in [0.29, 0.717) is 5.56 Å². The van der Waals surface area contributed by atoms with Crippen LogP contribution in [0, 0.1) is 11.6 Å². The lowest BCUT2D eigenvalue weighted by molar-refractivity contribution is 0.544. The normalized spacial score (nSPS) is 12.6. The van der Waals surface area contributed by atoms with Gasteiger partial charge >= 0.3 is 0 Å². The Morgan fingerprint density at radius 2 is 1.65 bits per heavy atom. The van der Waals surface area contributed by atoms with E-state index in [1.54, 1.807) is 30.6 Å². The van der Waals surface area contributed by atoms with Crippen LogP contribution >= 0.6 is 0 Å². The summed E-state index contributed by atoms with van der Waals surface area (Å²) < 4.78 is 27.7. The van der Waals surface area contributed by atoms with Gasteiger partial charge in [-0.3, -0.25) is 4.98 Å². The molecule has 20 heavy (non-hydrogen) atoms. The van der Waals surface area contributed by atoms with Crippen molar-refractivity contribution in [2.24, 2.45) is 5.73 Å². The van der Waals surface area contributed by atoms with Crippen LogP contribution in [0.25, 0.3) is 10.8 Å². The number of nitrogens with zero attached hydrogens (tertiary/aromatic N) is 1. The van der Waals surface area contributed by atoms with Crippen LogP contribution in [0.2, 0.25) is 0 Å². The van der Waals surface area contributed by atoms with Crippen molar-refractivity contribution in [3.63, 3.8) is 0 Å². The second-order valence-corrected chi connectivity index (χ2v) is 4.56. The highest BCUT2D eigenvalue weighted by Crippen LogP contribution is 2.29. The van der Waals surface area contributed by atoms with Gasteiger partial charge in [-0.15, -0.1) is 0 Å². The molecule has 3 aromatic rings. The summed E-state index contributed by atoms with van der Waals surface area (Å²) in [6, 6.07) is 10.2. The van der Waals surface area contributed by atoms with Gasteiger partial charge in [-0.25, -0.2) is 8.78 Å². The van der Waals surface area contributed by atoms with E-state index in [2.05, 4.69) is 4.98 Å². The monoisotopic (exact) mass is 270 g/mol. The molecule has 0 saturated carbocycles. The molecule has 0 radical (unpaired) electrons. The summed E-state index contributed by atoms with van der Waals surface area (Å²) in [4.78, 5) is 4.03. The van der Waals surface area contributed by atoms with E-state index >= 15 is 0 Å². The Morgan fingerprint density at radius 3 is 2.40 bits per heavy atom. The summed E-state index contributed by atoms with van der Waals surface area (Å²) in [5.74, 6) is -1.27. The van der Waals surface area contributed by atoms with Crippen molar-refractivity contribution in [2.45, 2.75) is 6.04 Å². The largest absolute Gasteiger partial charge is 0.320 e. The molecule has 2 nitrogen and oxygen atoms in total. The fourth-order valence-corrected chi connectivity index (χ4v) is 2.38. The Kier molecular flexibility index (Phi) is 3.16. The van der Waals surface area contributed by atoms with Crippen LogP contribution in [-0.2, 0) is 0 Å². The number of hydrogen-bond donors (Lipinski definition) is 1. The predicted molar refractivity (Wildman–Crippen MR) is 74.1 cm³/mol. The first-order chi connectivity index (χ1) is 9.68. The molecule has 1 unspecified atom stereocenters. The van der Waals surface area contributed by atoms with Crippen LogP contribution in [0.4, 0.5) is 8.78 Å². The van der Waals surface area contributed by atoms with Gasteiger partial charge in [-0.2, -0.15) is 0 Å². The Labute approximate surface area is 114 Å². The van der Waals surface area contributed by atoms with E-state index in [9.17, 15) is 8.78 Å². The Bertz CT molecular complexity index is 746. The van der Waals surface area contributed by atoms with E-state index < -0.39 is 17.7 Å². The van der Waals surface area contributed by atoms with Gasteiger partial charge in [0.25, 0.3) is 0 Å². The molecule has 0 amide bonds. The van der Waals surface area contributed by atoms with Crippen LogP contribution in [0.1, 0.15) is 17.2 Å². The molecule has 0 aliphatic heterocycles. The van der Waals surface area contributed by atoms with E-state index in [0.717, 1.165) is 10.8 Å². The van der Waals surface area contributed by atoms with Gasteiger partial charge in [-0.05, 0) is 29.1 Å². The van der Waals surface area contributed by atoms with Gasteiger partial charge in [0, 0.05) is 23.3 Å². The topological polar surface area (TPSA) is 38.9 Å². The number of aromatic nitrogens is 1. The highest BCUT2D eigenvalue weighted by atomic mass is 19.1. The predicted octanol–water partition coefficient (Wildman–Crippen LogP) is 3.56. The first-order valence-electron chi connectivity index (χ1n) is 6.20. The van der Waals surface area contributed by atoms with Crippen molar-refractivity contribution in [1.82, 2.24) is 4.98 Å². The summed E-state index contributed by atoms with van der Waals surface area (Å²) in [7, 11) is 0. The molecule has 0 fully saturated rings. The number of pyridine rings is 1. The minimum atomic E-state index is -0.859. The van der Waals surface area contributed by atoms with E-state index in [-0.39, 0.29) is 5.56 Å². The zero-order valence-electron chi connectivity index (χ0n) is 10.6. The van der Waals surface area contributed by atoms with Crippen LogP contribution in [-0.4, -0.2) is 4.98 Å². The molecule has 3 rings (SSSR count). The molecule has 0 saturated heterocycles. The number of fused-ring (bicyclic) bond motifs is 1. The Balaban J connectivity index is 2.21. The fourth-order valence-electron chi connectivity index (χ4n) is 2.38. The maximum absolute atomic E-state index is 13.9. The fraction of sp³-hybridized carbons (Fsp3) is 0.0625. The number of rotatable bonds is 2. The van der Waals surface area contributed by atoms with Gasteiger partial charge in [0.2, 0.25) is 0 Å². The minimum Gasteiger partial charge on any atom is -0.320 e. The number of benzene rings is 2. The average molecular weight is 270 g/mol. The van der Waals surface area contributed by atoms with Crippen LogP contribution in [0.15, 0.2) is 54.9 Å². The molecule has 0 spiro atoms. The molecule has 1 aromatic heterocycles. The standard InChI is InChI=1S/C16H12F2N2/c17-13-5-2-6-14(18)15(13)16(19)12-4-1-3-10-9-20-8-7-11(10)12/h1-9,16H,19H2. The smallest absolute Gasteiger partial charge is 0.131 e. The maximum atomic E-state index is 13.9. The van der Waals surface area contributed by atoms with Gasteiger partial charge in [0.1, 0.15) is 11.6 Å². The van der Waals surface area contributed by atoms with E-state index in [1.165, 1.54) is 18.2 Å². The minimum absolute atomic E-state index is 0.114. The Hall–Kier alpha value is -2.33. The van der Waals surface area contributed by atoms with E-state index in [1.807, 2.05) is 6.07 Å². The molecular formula is C16H12F2N2. The quantitative estimate of drug-likeness (QED) is 0.773. The summed E-state index contributed by atoms with van der Waals surface area (Å²) in [5, 5.41) is 1.73. The maximum Gasteiger partial charge on any atom is 0.131 e. The molecule has 2 aromatic carbocycles. The molecule has 0 bridgehead atoms.